The number of amides is 2. The molecule has 2 aliphatic rings. The van der Waals surface area contributed by atoms with E-state index in [2.05, 4.69) is 40.5 Å². The van der Waals surface area contributed by atoms with Gasteiger partial charge in [-0.1, -0.05) is 6.07 Å². The van der Waals surface area contributed by atoms with E-state index < -0.39 is 6.36 Å². The molecule has 2 amide bonds. The average Bonchev–Trinajstić information content (AvgIpc) is 3.09. The normalized spacial score (nSPS) is 17.0. The van der Waals surface area contributed by atoms with Crippen LogP contribution in [0.5, 0.6) is 11.5 Å². The minimum absolute atomic E-state index is 0.216. The van der Waals surface area contributed by atoms with E-state index >= 15 is 0 Å². The number of anilines is 3. The summed E-state index contributed by atoms with van der Waals surface area (Å²) >= 11 is 0. The molecule has 1 unspecified atom stereocenters. The highest BCUT2D eigenvalue weighted by Gasteiger charge is 2.31. The topological polar surface area (TPSA) is 131 Å². The Balaban J connectivity index is 0.888. The largest absolute Gasteiger partial charge is 0.573 e. The number of carbonyl (C=O) groups excluding carboxylic acids is 2. The third-order valence-electron chi connectivity index (χ3n) is 8.51. The Bertz CT molecular complexity index is 1710. The molecule has 0 spiro atoms. The van der Waals surface area contributed by atoms with Gasteiger partial charge in [0.25, 0.3) is 0 Å². The van der Waals surface area contributed by atoms with Gasteiger partial charge < -0.3 is 25.0 Å². The van der Waals surface area contributed by atoms with E-state index in [9.17, 15) is 22.8 Å². The van der Waals surface area contributed by atoms with Crippen molar-refractivity contribution in [2.75, 3.05) is 43.0 Å². The van der Waals surface area contributed by atoms with E-state index in [0.29, 0.717) is 42.6 Å². The number of imide groups is 1. The van der Waals surface area contributed by atoms with Crippen LogP contribution in [0.4, 0.5) is 30.5 Å². The highest BCUT2D eigenvalue weighted by atomic mass is 19.4. The second kappa shape index (κ2) is 15.3. The maximum Gasteiger partial charge on any atom is 0.573 e. The number of hydrogen-bond acceptors (Lipinski definition) is 10. The van der Waals surface area contributed by atoms with E-state index in [1.54, 1.807) is 12.3 Å². The predicted octanol–water partition coefficient (Wildman–Crippen LogP) is 5.59. The fraction of sp³-hybridized carbons (Fsp3) is 0.343. The van der Waals surface area contributed by atoms with Gasteiger partial charge in [-0.3, -0.25) is 14.9 Å². The fourth-order valence-corrected chi connectivity index (χ4v) is 5.91. The molecule has 2 aliphatic heterocycles. The molecule has 4 aromatic rings. The Kier molecular flexibility index (Phi) is 10.5. The molecule has 2 saturated heterocycles. The van der Waals surface area contributed by atoms with Crippen LogP contribution in [-0.2, 0) is 9.59 Å². The first-order valence-corrected chi connectivity index (χ1v) is 16.1. The van der Waals surface area contributed by atoms with Gasteiger partial charge in [-0.25, -0.2) is 15.0 Å². The summed E-state index contributed by atoms with van der Waals surface area (Å²) in [5.74, 6) is 1.61. The summed E-state index contributed by atoms with van der Waals surface area (Å²) in [6.07, 6.45) is 1.40. The van der Waals surface area contributed by atoms with Gasteiger partial charge in [-0.05, 0) is 91.9 Å². The molecule has 2 aromatic heterocycles. The van der Waals surface area contributed by atoms with Crippen molar-refractivity contribution in [3.8, 4) is 22.8 Å². The number of nitrogens with one attached hydrogen (secondary N) is 3. The molecule has 0 bridgehead atoms. The molecule has 0 saturated carbocycles. The van der Waals surface area contributed by atoms with Gasteiger partial charge in [0.1, 0.15) is 36.1 Å². The van der Waals surface area contributed by atoms with Crippen LogP contribution in [0, 0.1) is 5.92 Å². The van der Waals surface area contributed by atoms with Gasteiger partial charge >= 0.3 is 6.36 Å². The molecule has 6 rings (SSSR count). The number of alkyl halides is 3. The lowest BCUT2D eigenvalue weighted by atomic mass is 9.91. The molecule has 2 aromatic carbocycles. The molecule has 14 heteroatoms. The lowest BCUT2D eigenvalue weighted by Gasteiger charge is -2.33. The van der Waals surface area contributed by atoms with E-state index in [0.717, 1.165) is 61.7 Å². The Morgan fingerprint density at radius 1 is 0.898 bits per heavy atom. The van der Waals surface area contributed by atoms with E-state index in [-0.39, 0.29) is 23.5 Å². The summed E-state index contributed by atoms with van der Waals surface area (Å²) in [5, 5.41) is 8.97. The molecule has 2 fully saturated rings. The van der Waals surface area contributed by atoms with Crippen LogP contribution in [0.15, 0.2) is 79.3 Å². The van der Waals surface area contributed by atoms with Crippen molar-refractivity contribution in [2.24, 2.45) is 5.92 Å². The van der Waals surface area contributed by atoms with Crippen LogP contribution >= 0.6 is 0 Å². The minimum Gasteiger partial charge on any atom is -0.492 e. The van der Waals surface area contributed by atoms with E-state index in [1.807, 2.05) is 36.4 Å². The second-order valence-electron chi connectivity index (χ2n) is 11.9. The number of hydrogen-bond donors (Lipinski definition) is 3. The number of pyridine rings is 1. The lowest BCUT2D eigenvalue weighted by molar-refractivity contribution is -0.274. The quantitative estimate of drug-likeness (QED) is 0.129. The Labute approximate surface area is 281 Å². The first-order valence-electron chi connectivity index (χ1n) is 16.1. The van der Waals surface area contributed by atoms with Crippen LogP contribution in [-0.4, -0.2) is 65.9 Å². The number of benzene rings is 2. The van der Waals surface area contributed by atoms with Crippen molar-refractivity contribution >= 4 is 29.1 Å². The van der Waals surface area contributed by atoms with Crippen molar-refractivity contribution in [3.05, 3.63) is 84.8 Å². The number of halogens is 3. The predicted molar refractivity (Wildman–Crippen MR) is 177 cm³/mol. The maximum atomic E-state index is 12.4. The number of carbonyl (C=O) groups is 2. The zero-order valence-corrected chi connectivity index (χ0v) is 26.6. The summed E-state index contributed by atoms with van der Waals surface area (Å²) in [5.41, 5.74) is 2.93. The Hall–Kier alpha value is -5.24. The zero-order valence-electron chi connectivity index (χ0n) is 26.6. The molecule has 11 nitrogen and oxygen atoms in total. The van der Waals surface area contributed by atoms with Gasteiger partial charge in [0.2, 0.25) is 11.8 Å². The lowest BCUT2D eigenvalue weighted by Crippen LogP contribution is -2.39. The van der Waals surface area contributed by atoms with Gasteiger partial charge in [0.15, 0.2) is 0 Å². The van der Waals surface area contributed by atoms with Gasteiger partial charge in [-0.2, -0.15) is 0 Å². The van der Waals surface area contributed by atoms with Crippen LogP contribution < -0.4 is 30.3 Å². The molecule has 49 heavy (non-hydrogen) atoms. The third-order valence-corrected chi connectivity index (χ3v) is 8.51. The molecular weight excluding hydrogens is 639 g/mol. The second-order valence-corrected chi connectivity index (χ2v) is 11.9. The number of aromatic nitrogens is 3. The first kappa shape index (κ1) is 33.7. The molecular formula is C35H36F3N7O4. The van der Waals surface area contributed by atoms with Crippen LogP contribution in [0.3, 0.4) is 0 Å². The molecule has 4 heterocycles. The van der Waals surface area contributed by atoms with Crippen LogP contribution in [0.2, 0.25) is 0 Å². The highest BCUT2D eigenvalue weighted by Crippen LogP contribution is 2.28. The van der Waals surface area contributed by atoms with Crippen LogP contribution in [0.25, 0.3) is 11.3 Å². The first-order chi connectivity index (χ1) is 23.7. The molecule has 3 N–H and O–H groups in total. The third kappa shape index (κ3) is 9.44. The summed E-state index contributed by atoms with van der Waals surface area (Å²) in [6.45, 7) is 3.98. The number of rotatable bonds is 12. The summed E-state index contributed by atoms with van der Waals surface area (Å²) in [4.78, 5) is 39.0. The zero-order chi connectivity index (χ0) is 34.2. The number of nitrogens with zero attached hydrogens (tertiary/aromatic N) is 4. The van der Waals surface area contributed by atoms with Crippen molar-refractivity contribution in [3.63, 3.8) is 0 Å². The number of ether oxygens (including phenoxy) is 2. The number of piperidine rings is 2. The summed E-state index contributed by atoms with van der Waals surface area (Å²) in [6, 6.07) is 18.6. The molecule has 0 radical (unpaired) electrons. The van der Waals surface area contributed by atoms with E-state index in [4.69, 9.17) is 4.74 Å². The maximum absolute atomic E-state index is 12.4. The van der Waals surface area contributed by atoms with Gasteiger partial charge in [0, 0.05) is 49.6 Å². The Morgan fingerprint density at radius 3 is 2.35 bits per heavy atom. The van der Waals surface area contributed by atoms with Crippen LogP contribution in [0.1, 0.15) is 37.2 Å². The van der Waals surface area contributed by atoms with Gasteiger partial charge in [0.05, 0.1) is 11.6 Å². The Morgan fingerprint density at radius 2 is 1.65 bits per heavy atom. The smallest absolute Gasteiger partial charge is 0.492 e. The van der Waals surface area contributed by atoms with E-state index in [1.165, 1.54) is 30.6 Å². The van der Waals surface area contributed by atoms with Crippen molar-refractivity contribution in [1.82, 2.24) is 25.6 Å². The average molecular weight is 676 g/mol. The van der Waals surface area contributed by atoms with Crippen molar-refractivity contribution in [1.29, 1.82) is 0 Å². The minimum atomic E-state index is -4.74. The van der Waals surface area contributed by atoms with Crippen molar-refractivity contribution in [2.45, 2.75) is 38.0 Å². The SMILES string of the molecule is O=C1CCC(c2ccc(N3CCC(CNCCOc4ccc(-c5cc(Nc6ccc(OC(F)(F)F)cc6)ncn5)cc4)CC3)nc2)C(=O)N1. The monoisotopic (exact) mass is 675 g/mol. The standard InChI is InChI=1S/C35H36F3N7O4/c36-35(37,38)49-28-8-4-26(5-9-28)43-31-19-30(41-22-42-31)24-1-6-27(7-2-24)48-18-15-39-20-23-13-16-45(17-14-23)32-11-3-25(21-40-32)29-10-12-33(46)44-34(29)47/h1-9,11,19,21-23,29,39H,10,12-18,20H2,(H,41,42,43)(H,44,46,47). The van der Waals surface area contributed by atoms with Gasteiger partial charge in [-0.15, -0.1) is 13.2 Å². The molecule has 1 atom stereocenters. The van der Waals surface area contributed by atoms with Crippen molar-refractivity contribution < 1.29 is 32.2 Å². The molecule has 0 aliphatic carbocycles. The highest BCUT2D eigenvalue weighted by molar-refractivity contribution is 6.00. The summed E-state index contributed by atoms with van der Waals surface area (Å²) in [7, 11) is 0. The summed E-state index contributed by atoms with van der Waals surface area (Å²) < 4.78 is 47.0. The fourth-order valence-electron chi connectivity index (χ4n) is 5.91. The molecule has 256 valence electrons.